The van der Waals surface area contributed by atoms with Crippen molar-refractivity contribution >= 4 is 11.8 Å². The third-order valence-electron chi connectivity index (χ3n) is 5.21. The van der Waals surface area contributed by atoms with E-state index in [1.165, 1.54) is 5.56 Å². The molecule has 0 aromatic heterocycles. The van der Waals surface area contributed by atoms with Crippen molar-refractivity contribution in [3.63, 3.8) is 0 Å². The zero-order chi connectivity index (χ0) is 22.3. The lowest BCUT2D eigenvalue weighted by atomic mass is 10.0. The predicted molar refractivity (Wildman–Crippen MR) is 125 cm³/mol. The molecular formula is C25H36N4O2. The fraction of sp³-hybridized carbons (Fsp3) is 0.440. The predicted octanol–water partition coefficient (Wildman–Crippen LogP) is 2.53. The molecule has 6 nitrogen and oxygen atoms in total. The molecule has 31 heavy (non-hydrogen) atoms. The van der Waals surface area contributed by atoms with Crippen molar-refractivity contribution in [3.8, 4) is 0 Å². The highest BCUT2D eigenvalue weighted by Gasteiger charge is 2.22. The number of benzene rings is 2. The summed E-state index contributed by atoms with van der Waals surface area (Å²) in [6, 6.07) is 18.9. The molecule has 0 saturated heterocycles. The van der Waals surface area contributed by atoms with Crippen LogP contribution in [0.15, 0.2) is 60.7 Å². The van der Waals surface area contributed by atoms with E-state index in [1.54, 1.807) is 6.92 Å². The summed E-state index contributed by atoms with van der Waals surface area (Å²) in [5.41, 5.74) is 7.77. The Hall–Kier alpha value is -2.70. The summed E-state index contributed by atoms with van der Waals surface area (Å²) in [5, 5.41) is 9.12. The zero-order valence-corrected chi connectivity index (χ0v) is 18.5. The van der Waals surface area contributed by atoms with Crippen LogP contribution in [0, 0.1) is 0 Å². The first kappa shape index (κ1) is 24.6. The van der Waals surface area contributed by atoms with Gasteiger partial charge in [-0.05, 0) is 56.8 Å². The Balaban J connectivity index is 1.85. The zero-order valence-electron chi connectivity index (χ0n) is 18.5. The monoisotopic (exact) mass is 424 g/mol. The number of carbonyl (C=O) groups excluding carboxylic acids is 2. The summed E-state index contributed by atoms with van der Waals surface area (Å²) in [7, 11) is 0. The summed E-state index contributed by atoms with van der Waals surface area (Å²) >= 11 is 0. The summed E-state index contributed by atoms with van der Waals surface area (Å²) in [6.07, 6.45) is 4.46. The van der Waals surface area contributed by atoms with E-state index in [-0.39, 0.29) is 17.9 Å². The maximum Gasteiger partial charge on any atom is 0.242 e. The highest BCUT2D eigenvalue weighted by atomic mass is 16.2. The lowest BCUT2D eigenvalue weighted by Gasteiger charge is -2.21. The van der Waals surface area contributed by atoms with Crippen molar-refractivity contribution in [2.75, 3.05) is 13.1 Å². The molecule has 0 aliphatic rings. The molecule has 2 atom stereocenters. The van der Waals surface area contributed by atoms with Crippen molar-refractivity contribution in [3.05, 3.63) is 71.8 Å². The van der Waals surface area contributed by atoms with Gasteiger partial charge in [0.25, 0.3) is 0 Å². The van der Waals surface area contributed by atoms with Crippen LogP contribution < -0.4 is 21.7 Å². The fourth-order valence-electron chi connectivity index (χ4n) is 3.32. The van der Waals surface area contributed by atoms with Gasteiger partial charge in [0.05, 0.1) is 6.04 Å². The van der Waals surface area contributed by atoms with Gasteiger partial charge in [-0.3, -0.25) is 9.59 Å². The van der Waals surface area contributed by atoms with E-state index in [0.717, 1.165) is 37.8 Å². The average molecular weight is 425 g/mol. The lowest BCUT2D eigenvalue weighted by Crippen LogP contribution is -2.51. The Kier molecular flexibility index (Phi) is 11.4. The topological polar surface area (TPSA) is 96.2 Å². The SMILES string of the molecule is C[C@H](NC(=O)[C@@H](CCc1ccccc1)NCCCCCN)C(=O)NCc1ccccc1. The number of aryl methyl sites for hydroxylation is 1. The molecule has 0 spiro atoms. The number of rotatable bonds is 14. The smallest absolute Gasteiger partial charge is 0.242 e. The molecule has 2 amide bonds. The normalized spacial score (nSPS) is 12.7. The second-order valence-electron chi connectivity index (χ2n) is 7.81. The molecule has 0 bridgehead atoms. The summed E-state index contributed by atoms with van der Waals surface area (Å²) < 4.78 is 0. The Morgan fingerprint density at radius 2 is 1.52 bits per heavy atom. The maximum absolute atomic E-state index is 12.9. The first-order valence-electron chi connectivity index (χ1n) is 11.2. The van der Waals surface area contributed by atoms with Crippen molar-refractivity contribution in [2.24, 2.45) is 5.73 Å². The van der Waals surface area contributed by atoms with Gasteiger partial charge in [0.15, 0.2) is 0 Å². The van der Waals surface area contributed by atoms with Gasteiger partial charge in [0, 0.05) is 6.54 Å². The molecule has 0 heterocycles. The first-order chi connectivity index (χ1) is 15.1. The molecular weight excluding hydrogens is 388 g/mol. The van der Waals surface area contributed by atoms with E-state index in [4.69, 9.17) is 5.73 Å². The molecule has 0 radical (unpaired) electrons. The summed E-state index contributed by atoms with van der Waals surface area (Å²) in [5.74, 6) is -0.334. The van der Waals surface area contributed by atoms with Crippen LogP contribution >= 0.6 is 0 Å². The van der Waals surface area contributed by atoms with Gasteiger partial charge < -0.3 is 21.7 Å². The molecule has 0 saturated carbocycles. The molecule has 6 heteroatoms. The average Bonchev–Trinajstić information content (AvgIpc) is 2.80. The van der Waals surface area contributed by atoms with Gasteiger partial charge in [-0.2, -0.15) is 0 Å². The van der Waals surface area contributed by atoms with E-state index in [2.05, 4.69) is 28.1 Å². The van der Waals surface area contributed by atoms with Gasteiger partial charge in [0.2, 0.25) is 11.8 Å². The van der Waals surface area contributed by atoms with Crippen LogP contribution in [-0.2, 0) is 22.6 Å². The lowest BCUT2D eigenvalue weighted by molar-refractivity contribution is -0.129. The van der Waals surface area contributed by atoms with Crippen LogP contribution in [0.4, 0.5) is 0 Å². The minimum Gasteiger partial charge on any atom is -0.350 e. The molecule has 0 unspecified atom stereocenters. The van der Waals surface area contributed by atoms with E-state index in [0.29, 0.717) is 19.5 Å². The second kappa shape index (κ2) is 14.3. The maximum atomic E-state index is 12.9. The van der Waals surface area contributed by atoms with Crippen molar-refractivity contribution in [1.29, 1.82) is 0 Å². The minimum atomic E-state index is -0.602. The third-order valence-corrected chi connectivity index (χ3v) is 5.21. The number of hydrogen-bond donors (Lipinski definition) is 4. The number of nitrogens with two attached hydrogens (primary N) is 1. The van der Waals surface area contributed by atoms with Crippen LogP contribution in [0.3, 0.4) is 0 Å². The van der Waals surface area contributed by atoms with E-state index in [1.807, 2.05) is 48.5 Å². The van der Waals surface area contributed by atoms with Gasteiger partial charge in [0.1, 0.15) is 6.04 Å². The number of nitrogens with one attached hydrogen (secondary N) is 3. The molecule has 0 aliphatic heterocycles. The Morgan fingerprint density at radius 3 is 2.16 bits per heavy atom. The van der Waals surface area contributed by atoms with E-state index >= 15 is 0 Å². The van der Waals surface area contributed by atoms with Gasteiger partial charge >= 0.3 is 0 Å². The Labute approximate surface area is 186 Å². The van der Waals surface area contributed by atoms with E-state index in [9.17, 15) is 9.59 Å². The summed E-state index contributed by atoms with van der Waals surface area (Å²) in [6.45, 7) is 3.60. The highest BCUT2D eigenvalue weighted by Crippen LogP contribution is 2.06. The number of hydrogen-bond acceptors (Lipinski definition) is 4. The van der Waals surface area contributed by atoms with Crippen LogP contribution in [0.2, 0.25) is 0 Å². The van der Waals surface area contributed by atoms with E-state index < -0.39 is 6.04 Å². The first-order valence-corrected chi connectivity index (χ1v) is 11.2. The van der Waals surface area contributed by atoms with Crippen molar-refractivity contribution < 1.29 is 9.59 Å². The van der Waals surface area contributed by atoms with Gasteiger partial charge in [-0.15, -0.1) is 0 Å². The number of unbranched alkanes of at least 4 members (excludes halogenated alkanes) is 2. The molecule has 0 fully saturated rings. The second-order valence-corrected chi connectivity index (χ2v) is 7.81. The van der Waals surface area contributed by atoms with Crippen molar-refractivity contribution in [2.45, 2.75) is 57.7 Å². The largest absolute Gasteiger partial charge is 0.350 e. The van der Waals surface area contributed by atoms with Crippen LogP contribution in [0.25, 0.3) is 0 Å². The number of carbonyl (C=O) groups is 2. The number of amides is 2. The molecule has 2 aromatic rings. The molecule has 2 rings (SSSR count). The Morgan fingerprint density at radius 1 is 0.871 bits per heavy atom. The molecule has 5 N–H and O–H groups in total. The highest BCUT2D eigenvalue weighted by molar-refractivity contribution is 5.89. The van der Waals surface area contributed by atoms with Crippen LogP contribution in [0.1, 0.15) is 43.7 Å². The summed E-state index contributed by atoms with van der Waals surface area (Å²) in [4.78, 5) is 25.3. The van der Waals surface area contributed by atoms with Crippen LogP contribution in [0.5, 0.6) is 0 Å². The van der Waals surface area contributed by atoms with Gasteiger partial charge in [-0.25, -0.2) is 0 Å². The minimum absolute atomic E-state index is 0.142. The third kappa shape index (κ3) is 9.77. The standard InChI is InChI=1S/C25H36N4O2/c1-20(24(30)28-19-22-13-7-3-8-14-22)29-25(31)23(27-18-10-4-9-17-26)16-15-21-11-5-2-6-12-21/h2-3,5-8,11-14,20,23,27H,4,9-10,15-19,26H2,1H3,(H,28,30)(H,29,31)/t20-,23+/m0/s1. The van der Waals surface area contributed by atoms with Crippen molar-refractivity contribution in [1.82, 2.24) is 16.0 Å². The quantitative estimate of drug-likeness (QED) is 0.351. The molecule has 168 valence electrons. The van der Waals surface area contributed by atoms with Gasteiger partial charge in [-0.1, -0.05) is 67.1 Å². The fourth-order valence-corrected chi connectivity index (χ4v) is 3.32. The molecule has 2 aromatic carbocycles. The van der Waals surface area contributed by atoms with Crippen LogP contribution in [-0.4, -0.2) is 37.0 Å². The Bertz CT molecular complexity index is 768. The molecule has 0 aliphatic carbocycles.